The van der Waals surface area contributed by atoms with E-state index in [0.717, 1.165) is 36.9 Å². The van der Waals surface area contributed by atoms with E-state index in [-0.39, 0.29) is 24.8 Å². The first-order valence-corrected chi connectivity index (χ1v) is 8.83. The van der Waals surface area contributed by atoms with Gasteiger partial charge in [0.05, 0.1) is 6.61 Å². The van der Waals surface area contributed by atoms with Crippen LogP contribution in [0.1, 0.15) is 52.0 Å². The minimum Gasteiger partial charge on any atom is -0.444 e. The van der Waals surface area contributed by atoms with Crippen molar-refractivity contribution in [2.24, 2.45) is 0 Å². The smallest absolute Gasteiger partial charge is 0.410 e. The van der Waals surface area contributed by atoms with Crippen LogP contribution in [0.5, 0.6) is 0 Å². The number of ether oxygens (including phenoxy) is 1. The first kappa shape index (κ1) is 17.1. The molecule has 24 heavy (non-hydrogen) atoms. The highest BCUT2D eigenvalue weighted by atomic mass is 16.6. The Bertz CT molecular complexity index is 565. The molecule has 1 amide bonds. The van der Waals surface area contributed by atoms with Gasteiger partial charge in [0.1, 0.15) is 5.60 Å². The fourth-order valence-electron chi connectivity index (χ4n) is 3.85. The zero-order valence-electron chi connectivity index (χ0n) is 14.8. The summed E-state index contributed by atoms with van der Waals surface area (Å²) >= 11 is 0. The molecule has 2 unspecified atom stereocenters. The fraction of sp³-hybridized carbons (Fsp3) is 0.632. The van der Waals surface area contributed by atoms with Gasteiger partial charge in [0, 0.05) is 23.8 Å². The first-order valence-electron chi connectivity index (χ1n) is 8.83. The normalized spacial score (nSPS) is 26.3. The van der Waals surface area contributed by atoms with Crippen LogP contribution in [0.2, 0.25) is 0 Å². The van der Waals surface area contributed by atoms with Gasteiger partial charge in [-0.25, -0.2) is 4.79 Å². The molecular formula is C19H28N2O3. The number of fused-ring (bicyclic) bond motifs is 2. The zero-order valence-corrected chi connectivity index (χ0v) is 14.8. The number of benzene rings is 1. The van der Waals surface area contributed by atoms with Crippen molar-refractivity contribution < 1.29 is 14.6 Å². The number of amides is 1. The van der Waals surface area contributed by atoms with Gasteiger partial charge in [-0.05, 0) is 64.2 Å². The molecule has 1 aromatic rings. The summed E-state index contributed by atoms with van der Waals surface area (Å²) in [6, 6.07) is 8.81. The highest BCUT2D eigenvalue weighted by Crippen LogP contribution is 2.37. The summed E-state index contributed by atoms with van der Waals surface area (Å²) in [6.45, 7) is 5.81. The SMILES string of the molecule is CC(C)(C)OC(=O)N1C2CCC1CC(Nc1ccc(CO)cc1)C2. The molecule has 2 fully saturated rings. The van der Waals surface area contributed by atoms with Crippen LogP contribution in [0.3, 0.4) is 0 Å². The van der Waals surface area contributed by atoms with E-state index in [0.29, 0.717) is 6.04 Å². The number of nitrogens with one attached hydrogen (secondary N) is 1. The van der Waals surface area contributed by atoms with Gasteiger partial charge in [0.15, 0.2) is 0 Å². The minimum absolute atomic E-state index is 0.0682. The first-order chi connectivity index (χ1) is 11.4. The van der Waals surface area contributed by atoms with Crippen LogP contribution < -0.4 is 5.32 Å². The lowest BCUT2D eigenvalue weighted by Gasteiger charge is -2.40. The maximum atomic E-state index is 12.5. The number of hydrogen-bond donors (Lipinski definition) is 2. The Morgan fingerprint density at radius 1 is 1.21 bits per heavy atom. The predicted molar refractivity (Wildman–Crippen MR) is 93.9 cm³/mol. The van der Waals surface area contributed by atoms with E-state index >= 15 is 0 Å². The van der Waals surface area contributed by atoms with E-state index < -0.39 is 5.60 Å². The molecule has 2 N–H and O–H groups in total. The third-order valence-electron chi connectivity index (χ3n) is 4.84. The molecule has 0 radical (unpaired) electrons. The van der Waals surface area contributed by atoms with Crippen molar-refractivity contribution in [3.63, 3.8) is 0 Å². The highest BCUT2D eigenvalue weighted by Gasteiger charge is 2.44. The Morgan fingerprint density at radius 2 is 1.79 bits per heavy atom. The molecule has 2 aliphatic rings. The summed E-state index contributed by atoms with van der Waals surface area (Å²) < 4.78 is 5.58. The van der Waals surface area contributed by atoms with Crippen molar-refractivity contribution in [3.8, 4) is 0 Å². The van der Waals surface area contributed by atoms with Crippen molar-refractivity contribution in [2.45, 2.75) is 76.8 Å². The molecule has 2 heterocycles. The molecule has 5 heteroatoms. The third kappa shape index (κ3) is 3.83. The molecule has 0 spiro atoms. The summed E-state index contributed by atoms with van der Waals surface area (Å²) in [6.07, 6.45) is 3.87. The molecule has 2 aliphatic heterocycles. The lowest BCUT2D eigenvalue weighted by molar-refractivity contribution is 0.00684. The van der Waals surface area contributed by atoms with E-state index in [1.165, 1.54) is 0 Å². The van der Waals surface area contributed by atoms with Crippen molar-refractivity contribution in [1.82, 2.24) is 4.90 Å². The van der Waals surface area contributed by atoms with Gasteiger partial charge < -0.3 is 20.1 Å². The molecule has 2 atom stereocenters. The maximum Gasteiger partial charge on any atom is 0.410 e. The van der Waals surface area contributed by atoms with Crippen LogP contribution >= 0.6 is 0 Å². The Labute approximate surface area is 144 Å². The average Bonchev–Trinajstić information content (AvgIpc) is 2.78. The van der Waals surface area contributed by atoms with Crippen LogP contribution in [-0.4, -0.2) is 39.8 Å². The molecule has 0 aliphatic carbocycles. The van der Waals surface area contributed by atoms with E-state index in [4.69, 9.17) is 9.84 Å². The molecule has 132 valence electrons. The van der Waals surface area contributed by atoms with Gasteiger partial charge >= 0.3 is 6.09 Å². The van der Waals surface area contributed by atoms with Crippen LogP contribution in [0.25, 0.3) is 0 Å². The Morgan fingerprint density at radius 3 is 2.29 bits per heavy atom. The Kier molecular flexibility index (Phi) is 4.72. The number of piperidine rings is 1. The van der Waals surface area contributed by atoms with Gasteiger partial charge in [-0.15, -0.1) is 0 Å². The van der Waals surface area contributed by atoms with Gasteiger partial charge in [0.2, 0.25) is 0 Å². The number of carbonyl (C=O) groups excluding carboxylic acids is 1. The molecule has 0 saturated carbocycles. The fourth-order valence-corrected chi connectivity index (χ4v) is 3.85. The topological polar surface area (TPSA) is 61.8 Å². The van der Waals surface area contributed by atoms with Crippen LogP contribution in [0.4, 0.5) is 10.5 Å². The van der Waals surface area contributed by atoms with E-state index in [1.807, 2.05) is 49.9 Å². The van der Waals surface area contributed by atoms with Crippen molar-refractivity contribution in [2.75, 3.05) is 5.32 Å². The van der Waals surface area contributed by atoms with Crippen LogP contribution in [0, 0.1) is 0 Å². The number of rotatable bonds is 3. The largest absolute Gasteiger partial charge is 0.444 e. The third-order valence-corrected chi connectivity index (χ3v) is 4.84. The summed E-state index contributed by atoms with van der Waals surface area (Å²) in [5, 5.41) is 12.7. The second-order valence-electron chi connectivity index (χ2n) is 7.94. The van der Waals surface area contributed by atoms with Crippen molar-refractivity contribution in [3.05, 3.63) is 29.8 Å². The van der Waals surface area contributed by atoms with Gasteiger partial charge in [-0.1, -0.05) is 12.1 Å². The summed E-state index contributed by atoms with van der Waals surface area (Å²) in [7, 11) is 0. The summed E-state index contributed by atoms with van der Waals surface area (Å²) in [4.78, 5) is 14.4. The lowest BCUT2D eigenvalue weighted by atomic mass is 9.97. The molecule has 2 bridgehead atoms. The van der Waals surface area contributed by atoms with E-state index in [2.05, 4.69) is 5.32 Å². The summed E-state index contributed by atoms with van der Waals surface area (Å²) in [5.41, 5.74) is 1.54. The number of aliphatic hydroxyl groups excluding tert-OH is 1. The lowest BCUT2D eigenvalue weighted by Crippen LogP contribution is -2.51. The molecular weight excluding hydrogens is 304 g/mol. The van der Waals surface area contributed by atoms with Gasteiger partial charge in [-0.2, -0.15) is 0 Å². The second-order valence-corrected chi connectivity index (χ2v) is 7.94. The van der Waals surface area contributed by atoms with Gasteiger partial charge in [0.25, 0.3) is 0 Å². The van der Waals surface area contributed by atoms with E-state index in [1.54, 1.807) is 0 Å². The molecule has 2 saturated heterocycles. The monoisotopic (exact) mass is 332 g/mol. The Balaban J connectivity index is 1.61. The van der Waals surface area contributed by atoms with Crippen LogP contribution in [0.15, 0.2) is 24.3 Å². The van der Waals surface area contributed by atoms with Gasteiger partial charge in [-0.3, -0.25) is 0 Å². The summed E-state index contributed by atoms with van der Waals surface area (Å²) in [5.74, 6) is 0. The van der Waals surface area contributed by atoms with Crippen LogP contribution in [-0.2, 0) is 11.3 Å². The van der Waals surface area contributed by atoms with Crippen molar-refractivity contribution >= 4 is 11.8 Å². The number of aliphatic hydroxyl groups is 1. The number of nitrogens with zero attached hydrogens (tertiary/aromatic N) is 1. The minimum atomic E-state index is -0.444. The average molecular weight is 332 g/mol. The van der Waals surface area contributed by atoms with Crippen molar-refractivity contribution in [1.29, 1.82) is 0 Å². The second kappa shape index (κ2) is 6.63. The standard InChI is InChI=1S/C19H28N2O3/c1-19(2,3)24-18(23)21-16-8-9-17(21)11-15(10-16)20-14-6-4-13(12-22)5-7-14/h4-7,15-17,20,22H,8-12H2,1-3H3. The molecule has 3 rings (SSSR count). The number of hydrogen-bond acceptors (Lipinski definition) is 4. The maximum absolute atomic E-state index is 12.5. The number of anilines is 1. The zero-order chi connectivity index (χ0) is 17.3. The molecule has 5 nitrogen and oxygen atoms in total. The highest BCUT2D eigenvalue weighted by molar-refractivity contribution is 5.69. The van der Waals surface area contributed by atoms with E-state index in [9.17, 15) is 4.79 Å². The molecule has 0 aromatic heterocycles. The molecule has 1 aromatic carbocycles. The number of carbonyl (C=O) groups is 1. The predicted octanol–water partition coefficient (Wildman–Crippen LogP) is 3.52. The quantitative estimate of drug-likeness (QED) is 0.889. The Hall–Kier alpha value is -1.75.